The van der Waals surface area contributed by atoms with Crippen LogP contribution in [0.2, 0.25) is 39.3 Å². The summed E-state index contributed by atoms with van der Waals surface area (Å²) in [5.74, 6) is 0. The highest BCUT2D eigenvalue weighted by molar-refractivity contribution is 6.79. The van der Waals surface area contributed by atoms with Crippen LogP contribution in [0.25, 0.3) is 21.8 Å². The van der Waals surface area contributed by atoms with Gasteiger partial charge < -0.3 is 9.96 Å². The van der Waals surface area contributed by atoms with Crippen LogP contribution in [0.3, 0.4) is 0 Å². The molecule has 3 rings (SSSR count). The summed E-state index contributed by atoms with van der Waals surface area (Å²) in [6.07, 6.45) is 0. The Morgan fingerprint density at radius 2 is 1.04 bits per heavy atom. The zero-order valence-corrected chi connectivity index (χ0v) is 17.5. The molecule has 24 heavy (non-hydrogen) atoms. The van der Waals surface area contributed by atoms with Crippen LogP contribution in [-0.2, 0) is 0 Å². The quantitative estimate of drug-likeness (QED) is 0.454. The minimum atomic E-state index is -1.36. The van der Waals surface area contributed by atoms with Crippen molar-refractivity contribution in [1.29, 1.82) is 0 Å². The molecule has 5 heteroatoms. The monoisotopic (exact) mass is 353 g/mol. The molecule has 0 spiro atoms. The lowest BCUT2D eigenvalue weighted by Crippen LogP contribution is -2.32. The molecular weight excluding hydrogens is 326 g/mol. The summed E-state index contributed by atoms with van der Waals surface area (Å²) in [6, 6.07) is 15.2. The topological polar surface area (TPSA) is 37.0 Å². The SMILES string of the molecule is C[Si](C)(C)Nc1ccc2cc3ccc(N[Si](C)(C)C)cc3nc2c1. The lowest BCUT2D eigenvalue weighted by atomic mass is 10.1. The summed E-state index contributed by atoms with van der Waals surface area (Å²) in [5, 5.41) is 2.38. The van der Waals surface area contributed by atoms with Crippen LogP contribution in [0.4, 0.5) is 11.4 Å². The summed E-state index contributed by atoms with van der Waals surface area (Å²) in [7, 11) is -2.72. The fourth-order valence-corrected chi connectivity index (χ4v) is 4.89. The molecule has 3 aromatic rings. The van der Waals surface area contributed by atoms with Gasteiger partial charge >= 0.3 is 0 Å². The predicted molar refractivity (Wildman–Crippen MR) is 113 cm³/mol. The van der Waals surface area contributed by atoms with Crippen LogP contribution in [-0.4, -0.2) is 21.5 Å². The summed E-state index contributed by atoms with van der Waals surface area (Å²) < 4.78 is 0. The van der Waals surface area contributed by atoms with Gasteiger partial charge in [0.25, 0.3) is 0 Å². The van der Waals surface area contributed by atoms with Gasteiger partial charge in [0, 0.05) is 22.1 Å². The van der Waals surface area contributed by atoms with E-state index in [1.54, 1.807) is 0 Å². The fourth-order valence-electron chi connectivity index (χ4n) is 2.84. The minimum absolute atomic E-state index is 1.05. The molecule has 1 heterocycles. The number of hydrogen-bond acceptors (Lipinski definition) is 3. The van der Waals surface area contributed by atoms with Crippen molar-refractivity contribution in [2.75, 3.05) is 9.96 Å². The maximum atomic E-state index is 4.91. The standard InChI is InChI=1S/C19H27N3Si2/c1-23(2,3)21-16-9-7-14-11-15-8-10-17(22-24(4,5)6)13-19(15)20-18(14)12-16/h7-13,21-22H,1-6H3. The van der Waals surface area contributed by atoms with E-state index in [0.717, 1.165) is 11.0 Å². The van der Waals surface area contributed by atoms with Gasteiger partial charge in [0.15, 0.2) is 0 Å². The van der Waals surface area contributed by atoms with E-state index < -0.39 is 16.5 Å². The first-order valence-corrected chi connectivity index (χ1v) is 15.5. The number of aromatic nitrogens is 1. The number of hydrogen-bond donors (Lipinski definition) is 2. The average molecular weight is 354 g/mol. The van der Waals surface area contributed by atoms with Crippen LogP contribution in [0, 0.1) is 0 Å². The Hall–Kier alpha value is -1.86. The second-order valence-corrected chi connectivity index (χ2v) is 18.1. The molecule has 0 aliphatic heterocycles. The molecular formula is C19H27N3Si2. The van der Waals surface area contributed by atoms with E-state index in [-0.39, 0.29) is 0 Å². The minimum Gasteiger partial charge on any atom is -0.411 e. The Morgan fingerprint density at radius 1 is 0.625 bits per heavy atom. The van der Waals surface area contributed by atoms with Gasteiger partial charge in [-0.25, -0.2) is 4.98 Å². The predicted octanol–water partition coefficient (Wildman–Crippen LogP) is 5.88. The number of pyridine rings is 1. The molecule has 126 valence electrons. The number of nitrogens with zero attached hydrogens (tertiary/aromatic N) is 1. The number of rotatable bonds is 4. The second-order valence-electron chi connectivity index (χ2n) is 8.55. The van der Waals surface area contributed by atoms with Crippen molar-refractivity contribution in [1.82, 2.24) is 4.98 Å². The molecule has 0 saturated carbocycles. The van der Waals surface area contributed by atoms with Crippen LogP contribution < -0.4 is 9.96 Å². The Bertz CT molecular complexity index is 822. The highest BCUT2D eigenvalue weighted by Crippen LogP contribution is 2.26. The molecule has 3 nitrogen and oxygen atoms in total. The van der Waals surface area contributed by atoms with Gasteiger partial charge in [0.1, 0.15) is 16.5 Å². The third-order valence-corrected chi connectivity index (χ3v) is 5.73. The molecule has 0 amide bonds. The van der Waals surface area contributed by atoms with Crippen molar-refractivity contribution in [2.24, 2.45) is 0 Å². The molecule has 0 atom stereocenters. The first kappa shape index (κ1) is 17.0. The van der Waals surface area contributed by atoms with Crippen molar-refractivity contribution in [3.05, 3.63) is 42.5 Å². The van der Waals surface area contributed by atoms with Crippen LogP contribution in [0.5, 0.6) is 0 Å². The third kappa shape index (κ3) is 4.16. The molecule has 0 aliphatic rings. The Labute approximate surface area is 146 Å². The molecule has 0 saturated heterocycles. The maximum absolute atomic E-state index is 4.91. The van der Waals surface area contributed by atoms with E-state index in [4.69, 9.17) is 4.98 Å². The van der Waals surface area contributed by atoms with Crippen LogP contribution >= 0.6 is 0 Å². The summed E-state index contributed by atoms with van der Waals surface area (Å²) in [5.41, 5.74) is 4.45. The third-order valence-electron chi connectivity index (χ3n) is 3.65. The van der Waals surface area contributed by atoms with E-state index in [9.17, 15) is 0 Å². The number of fused-ring (bicyclic) bond motifs is 2. The normalized spacial score (nSPS) is 12.6. The van der Waals surface area contributed by atoms with Gasteiger partial charge in [-0.1, -0.05) is 51.4 Å². The second kappa shape index (κ2) is 5.90. The van der Waals surface area contributed by atoms with Gasteiger partial charge in [-0.05, 0) is 30.3 Å². The van der Waals surface area contributed by atoms with Gasteiger partial charge in [0.2, 0.25) is 0 Å². The summed E-state index contributed by atoms with van der Waals surface area (Å²) in [4.78, 5) is 12.2. The van der Waals surface area contributed by atoms with Crippen LogP contribution in [0.15, 0.2) is 42.5 Å². The Kier molecular flexibility index (Phi) is 4.17. The van der Waals surface area contributed by atoms with Gasteiger partial charge in [0.05, 0.1) is 11.0 Å². The smallest absolute Gasteiger partial charge is 0.144 e. The summed E-state index contributed by atoms with van der Waals surface area (Å²) >= 11 is 0. The molecule has 1 aromatic heterocycles. The van der Waals surface area contributed by atoms with Crippen molar-refractivity contribution < 1.29 is 0 Å². The van der Waals surface area contributed by atoms with Crippen molar-refractivity contribution in [3.63, 3.8) is 0 Å². The number of nitrogens with one attached hydrogen (secondary N) is 2. The Morgan fingerprint density at radius 3 is 1.42 bits per heavy atom. The zero-order chi connectivity index (χ0) is 17.5. The van der Waals surface area contributed by atoms with E-state index >= 15 is 0 Å². The first-order valence-electron chi connectivity index (χ1n) is 8.50. The van der Waals surface area contributed by atoms with Crippen LogP contribution in [0.1, 0.15) is 0 Å². The van der Waals surface area contributed by atoms with Crippen molar-refractivity contribution >= 4 is 49.7 Å². The molecule has 0 radical (unpaired) electrons. The maximum Gasteiger partial charge on any atom is 0.144 e. The summed E-state index contributed by atoms with van der Waals surface area (Å²) in [6.45, 7) is 13.8. The average Bonchev–Trinajstić information content (AvgIpc) is 2.41. The number of anilines is 2. The first-order chi connectivity index (χ1) is 11.1. The fraction of sp³-hybridized carbons (Fsp3) is 0.316. The largest absolute Gasteiger partial charge is 0.411 e. The zero-order valence-electron chi connectivity index (χ0n) is 15.5. The number of benzene rings is 2. The van der Waals surface area contributed by atoms with Gasteiger partial charge in [-0.2, -0.15) is 0 Å². The van der Waals surface area contributed by atoms with E-state index in [1.807, 2.05) is 0 Å². The molecule has 2 aromatic carbocycles. The van der Waals surface area contributed by atoms with Gasteiger partial charge in [-0.15, -0.1) is 0 Å². The van der Waals surface area contributed by atoms with E-state index in [1.165, 1.54) is 22.1 Å². The van der Waals surface area contributed by atoms with Crippen molar-refractivity contribution in [3.8, 4) is 0 Å². The highest BCUT2D eigenvalue weighted by Gasteiger charge is 2.14. The van der Waals surface area contributed by atoms with Crippen molar-refractivity contribution in [2.45, 2.75) is 39.3 Å². The molecule has 0 aliphatic carbocycles. The lowest BCUT2D eigenvalue weighted by molar-refractivity contribution is 1.48. The highest BCUT2D eigenvalue weighted by atomic mass is 28.3. The van der Waals surface area contributed by atoms with Gasteiger partial charge in [-0.3, -0.25) is 0 Å². The van der Waals surface area contributed by atoms with E-state index in [0.29, 0.717) is 0 Å². The molecule has 0 unspecified atom stereocenters. The molecule has 2 N–H and O–H groups in total. The molecule has 0 fully saturated rings. The lowest BCUT2D eigenvalue weighted by Gasteiger charge is -2.20. The van der Waals surface area contributed by atoms with E-state index in [2.05, 4.69) is 91.7 Å². The Balaban J connectivity index is 2.05. The molecule has 0 bridgehead atoms.